The number of amides is 1. The summed E-state index contributed by atoms with van der Waals surface area (Å²) in [4.78, 5) is 13.9. The lowest BCUT2D eigenvalue weighted by molar-refractivity contribution is -0.119. The largest absolute Gasteiger partial charge is 0.497 e. The fourth-order valence-electron chi connectivity index (χ4n) is 3.93. The van der Waals surface area contributed by atoms with Gasteiger partial charge in [0.2, 0.25) is 5.91 Å². The molecule has 0 bridgehead atoms. The van der Waals surface area contributed by atoms with E-state index in [1.54, 1.807) is 18.4 Å². The van der Waals surface area contributed by atoms with Crippen LogP contribution in [0.3, 0.4) is 0 Å². The third-order valence-corrected chi connectivity index (χ3v) is 7.49. The summed E-state index contributed by atoms with van der Waals surface area (Å²) >= 11 is 3.05. The highest BCUT2D eigenvalue weighted by Crippen LogP contribution is 2.29. The zero-order chi connectivity index (χ0) is 23.2. The van der Waals surface area contributed by atoms with Crippen LogP contribution in [0.5, 0.6) is 5.75 Å². The van der Waals surface area contributed by atoms with Gasteiger partial charge in [0.25, 0.3) is 0 Å². The molecule has 3 aromatic rings. The molecule has 1 aliphatic heterocycles. The number of carbonyl (C=O) groups excluding carboxylic acids is 1. The molecule has 0 aliphatic carbocycles. The van der Waals surface area contributed by atoms with Crippen LogP contribution in [0.1, 0.15) is 38.3 Å². The van der Waals surface area contributed by atoms with Crippen molar-refractivity contribution in [3.05, 3.63) is 47.3 Å². The molecule has 1 aromatic carbocycles. The molecule has 2 atom stereocenters. The van der Waals surface area contributed by atoms with Gasteiger partial charge in [-0.2, -0.15) is 0 Å². The number of benzene rings is 1. The number of hydrogen-bond donors (Lipinski definition) is 1. The van der Waals surface area contributed by atoms with Crippen LogP contribution in [-0.4, -0.2) is 46.2 Å². The molecule has 1 N–H and O–H groups in total. The van der Waals surface area contributed by atoms with Gasteiger partial charge in [0.1, 0.15) is 5.75 Å². The molecular formula is C24H30N4O3S2. The van der Waals surface area contributed by atoms with Gasteiger partial charge in [-0.25, -0.2) is 0 Å². The van der Waals surface area contributed by atoms with Gasteiger partial charge in [-0.05, 0) is 47.9 Å². The Labute approximate surface area is 202 Å². The second-order valence-corrected chi connectivity index (χ2v) is 10.3. The first-order chi connectivity index (χ1) is 16.0. The number of aromatic nitrogens is 3. The second kappa shape index (κ2) is 11.2. The summed E-state index contributed by atoms with van der Waals surface area (Å²) in [5.41, 5.74) is 1.06. The summed E-state index contributed by atoms with van der Waals surface area (Å²) in [5.74, 6) is 2.13. The first-order valence-corrected chi connectivity index (χ1v) is 13.1. The predicted molar refractivity (Wildman–Crippen MR) is 132 cm³/mol. The molecule has 33 heavy (non-hydrogen) atoms. The molecule has 0 unspecified atom stereocenters. The molecule has 9 heteroatoms. The smallest absolute Gasteiger partial charge is 0.230 e. The lowest BCUT2D eigenvalue weighted by atomic mass is 9.96. The van der Waals surface area contributed by atoms with Gasteiger partial charge in [-0.15, -0.1) is 21.5 Å². The summed E-state index contributed by atoms with van der Waals surface area (Å²) in [7, 11) is 1.65. The molecule has 4 rings (SSSR count). The normalized spacial score (nSPS) is 16.8. The monoisotopic (exact) mass is 486 g/mol. The first-order valence-electron chi connectivity index (χ1n) is 11.2. The van der Waals surface area contributed by atoms with Gasteiger partial charge in [-0.3, -0.25) is 9.36 Å². The molecule has 7 nitrogen and oxygen atoms in total. The van der Waals surface area contributed by atoms with Crippen LogP contribution in [0.15, 0.2) is 46.9 Å². The van der Waals surface area contributed by atoms with Crippen LogP contribution in [0.25, 0.3) is 10.7 Å². The van der Waals surface area contributed by atoms with E-state index >= 15 is 0 Å². The zero-order valence-corrected chi connectivity index (χ0v) is 20.8. The molecule has 0 radical (unpaired) electrons. The van der Waals surface area contributed by atoms with E-state index < -0.39 is 0 Å². The summed E-state index contributed by atoms with van der Waals surface area (Å²) < 4.78 is 13.2. The number of nitrogens with one attached hydrogen (secondary N) is 1. The SMILES string of the molecule is COc1ccc([C@@H](NC(=O)CSc2nnc(-c3cccs3)n2C[C@@H]2CCCO2)C(C)C)cc1. The Morgan fingerprint density at radius 3 is 2.76 bits per heavy atom. The number of methoxy groups -OCH3 is 1. The number of ether oxygens (including phenoxy) is 2. The van der Waals surface area contributed by atoms with Crippen LogP contribution >= 0.6 is 23.1 Å². The average molecular weight is 487 g/mol. The number of carbonyl (C=O) groups is 1. The first kappa shape index (κ1) is 23.8. The molecular weight excluding hydrogens is 456 g/mol. The fourth-order valence-corrected chi connectivity index (χ4v) is 5.41. The molecule has 1 fully saturated rings. The van der Waals surface area contributed by atoms with Gasteiger partial charge >= 0.3 is 0 Å². The highest BCUT2D eigenvalue weighted by atomic mass is 32.2. The van der Waals surface area contributed by atoms with E-state index in [1.807, 2.05) is 41.8 Å². The highest BCUT2D eigenvalue weighted by Gasteiger charge is 2.23. The Morgan fingerprint density at radius 2 is 2.12 bits per heavy atom. The number of hydrogen-bond acceptors (Lipinski definition) is 7. The van der Waals surface area contributed by atoms with Crippen LogP contribution in [-0.2, 0) is 16.1 Å². The van der Waals surface area contributed by atoms with Crippen molar-refractivity contribution in [1.82, 2.24) is 20.1 Å². The maximum Gasteiger partial charge on any atom is 0.230 e. The summed E-state index contributed by atoms with van der Waals surface area (Å²) in [6, 6.07) is 11.8. The van der Waals surface area contributed by atoms with E-state index in [4.69, 9.17) is 9.47 Å². The number of thiophene rings is 1. The van der Waals surface area contributed by atoms with Gasteiger partial charge in [0, 0.05) is 6.61 Å². The van der Waals surface area contributed by atoms with Crippen molar-refractivity contribution in [3.63, 3.8) is 0 Å². The summed E-state index contributed by atoms with van der Waals surface area (Å²) in [5, 5.41) is 14.8. The van der Waals surface area contributed by atoms with Crippen molar-refractivity contribution in [3.8, 4) is 16.5 Å². The zero-order valence-electron chi connectivity index (χ0n) is 19.2. The Hall–Kier alpha value is -2.36. The Kier molecular flexibility index (Phi) is 8.06. The molecule has 1 saturated heterocycles. The third-order valence-electron chi connectivity index (χ3n) is 5.66. The molecule has 176 valence electrons. The average Bonchev–Trinajstić information content (AvgIpc) is 3.59. The number of thioether (sulfide) groups is 1. The van der Waals surface area contributed by atoms with Crippen molar-refractivity contribution in [2.45, 2.75) is 50.5 Å². The quantitative estimate of drug-likeness (QED) is 0.415. The van der Waals surface area contributed by atoms with E-state index in [2.05, 4.69) is 33.9 Å². The Bertz CT molecular complexity index is 1030. The fraction of sp³-hybridized carbons (Fsp3) is 0.458. The standard InChI is InChI=1S/C24H30N4O3S2/c1-16(2)22(17-8-10-18(30-3)11-9-17)25-21(29)15-33-24-27-26-23(20-7-5-13-32-20)28(24)14-19-6-4-12-31-19/h5,7-11,13,16,19,22H,4,6,12,14-15H2,1-3H3,(H,25,29)/t19-,22-/m0/s1. The van der Waals surface area contributed by atoms with E-state index in [1.165, 1.54) is 11.8 Å². The van der Waals surface area contributed by atoms with Crippen molar-refractivity contribution >= 4 is 29.0 Å². The van der Waals surface area contributed by atoms with Gasteiger partial charge < -0.3 is 14.8 Å². The van der Waals surface area contributed by atoms with Crippen LogP contribution < -0.4 is 10.1 Å². The van der Waals surface area contributed by atoms with Crippen LogP contribution in [0.2, 0.25) is 0 Å². The van der Waals surface area contributed by atoms with E-state index in [0.29, 0.717) is 6.54 Å². The molecule has 1 aliphatic rings. The maximum atomic E-state index is 12.9. The molecule has 0 saturated carbocycles. The van der Waals surface area contributed by atoms with E-state index in [0.717, 1.165) is 46.6 Å². The van der Waals surface area contributed by atoms with Crippen molar-refractivity contribution in [2.24, 2.45) is 5.92 Å². The Morgan fingerprint density at radius 1 is 1.30 bits per heavy atom. The van der Waals surface area contributed by atoms with E-state index in [9.17, 15) is 4.79 Å². The summed E-state index contributed by atoms with van der Waals surface area (Å²) in [6.45, 7) is 5.71. The molecule has 1 amide bonds. The third kappa shape index (κ3) is 5.96. The Balaban J connectivity index is 1.44. The molecule has 3 heterocycles. The second-order valence-electron chi connectivity index (χ2n) is 8.38. The minimum absolute atomic E-state index is 0.0288. The number of nitrogens with zero attached hydrogens (tertiary/aromatic N) is 3. The lowest BCUT2D eigenvalue weighted by Gasteiger charge is -2.23. The molecule has 0 spiro atoms. The minimum atomic E-state index is -0.0737. The highest BCUT2D eigenvalue weighted by molar-refractivity contribution is 7.99. The van der Waals surface area contributed by atoms with Crippen LogP contribution in [0, 0.1) is 5.92 Å². The molecule has 2 aromatic heterocycles. The van der Waals surface area contributed by atoms with Gasteiger partial charge in [0.15, 0.2) is 11.0 Å². The van der Waals surface area contributed by atoms with Gasteiger partial charge in [0.05, 0.1) is 36.4 Å². The van der Waals surface area contributed by atoms with E-state index in [-0.39, 0.29) is 29.7 Å². The topological polar surface area (TPSA) is 78.3 Å². The minimum Gasteiger partial charge on any atom is -0.497 e. The lowest BCUT2D eigenvalue weighted by Crippen LogP contribution is -2.33. The maximum absolute atomic E-state index is 12.9. The van der Waals surface area contributed by atoms with Gasteiger partial charge in [-0.1, -0.05) is 43.8 Å². The van der Waals surface area contributed by atoms with Crippen molar-refractivity contribution in [1.29, 1.82) is 0 Å². The van der Waals surface area contributed by atoms with Crippen molar-refractivity contribution < 1.29 is 14.3 Å². The summed E-state index contributed by atoms with van der Waals surface area (Å²) in [6.07, 6.45) is 2.27. The number of rotatable bonds is 10. The predicted octanol–water partition coefficient (Wildman–Crippen LogP) is 4.80. The van der Waals surface area contributed by atoms with Crippen LogP contribution in [0.4, 0.5) is 0 Å². The van der Waals surface area contributed by atoms with Crippen molar-refractivity contribution in [2.75, 3.05) is 19.5 Å².